The molecule has 1 aliphatic heterocycles. The number of hydrogen-bond donors (Lipinski definition) is 3. The van der Waals surface area contributed by atoms with Gasteiger partial charge in [-0.25, -0.2) is 4.79 Å². The van der Waals surface area contributed by atoms with E-state index in [2.05, 4.69) is 10.6 Å². The number of Topliss-reactive ketones (excluding diaryl/α,β-unsaturated/α-hetero) is 2. The maximum Gasteiger partial charge on any atom is 0.326 e. The van der Waals surface area contributed by atoms with Gasteiger partial charge in [0.25, 0.3) is 0 Å². The lowest BCUT2D eigenvalue weighted by Gasteiger charge is -2.41. The third-order valence-electron chi connectivity index (χ3n) is 12.6. The number of benzene rings is 1. The van der Waals surface area contributed by atoms with E-state index in [-0.39, 0.29) is 79.3 Å². The smallest absolute Gasteiger partial charge is 0.326 e. The van der Waals surface area contributed by atoms with Crippen molar-refractivity contribution in [2.45, 2.75) is 150 Å². The quantitative estimate of drug-likeness (QED) is 0.102. The van der Waals surface area contributed by atoms with Crippen molar-refractivity contribution < 1.29 is 43.3 Å². The number of ketones is 2. The Morgan fingerprint density at radius 2 is 1.54 bits per heavy atom. The van der Waals surface area contributed by atoms with E-state index in [4.69, 9.17) is 9.47 Å². The van der Waals surface area contributed by atoms with Crippen LogP contribution < -0.4 is 10.6 Å². The van der Waals surface area contributed by atoms with Crippen molar-refractivity contribution >= 4 is 35.3 Å². The minimum Gasteiger partial charge on any atom is -0.480 e. The number of aliphatic carboxylic acids is 1. The molecule has 1 unspecified atom stereocenters. The number of carboxylic acid groups (broad SMARTS) is 1. The number of hydrogen-bond acceptors (Lipinski definition) is 9. The highest BCUT2D eigenvalue weighted by Crippen LogP contribution is 2.32. The summed E-state index contributed by atoms with van der Waals surface area (Å²) in [5.74, 6) is -4.23. The molecular weight excluding hydrogens is 753 g/mol. The molecule has 1 saturated heterocycles. The molecule has 1 heterocycles. The van der Waals surface area contributed by atoms with Crippen LogP contribution in [0.2, 0.25) is 0 Å². The molecule has 3 amide bonds. The average molecular weight is 829 g/mol. The predicted molar refractivity (Wildman–Crippen MR) is 229 cm³/mol. The third-order valence-corrected chi connectivity index (χ3v) is 12.6. The van der Waals surface area contributed by atoms with E-state index in [1.54, 1.807) is 37.9 Å². The molecule has 334 valence electrons. The van der Waals surface area contributed by atoms with Gasteiger partial charge < -0.3 is 35.0 Å². The highest BCUT2D eigenvalue weighted by Gasteiger charge is 2.43. The molecule has 13 nitrogen and oxygen atoms in total. The number of amides is 3. The zero-order valence-electron chi connectivity index (χ0n) is 38.0. The van der Waals surface area contributed by atoms with Crippen LogP contribution in [0.5, 0.6) is 0 Å². The Morgan fingerprint density at radius 3 is 2.05 bits per heavy atom. The average Bonchev–Trinajstić information content (AvgIpc) is 3.69. The van der Waals surface area contributed by atoms with Crippen LogP contribution in [-0.4, -0.2) is 121 Å². The maximum atomic E-state index is 14.3. The van der Waals surface area contributed by atoms with Crippen molar-refractivity contribution in [3.63, 3.8) is 0 Å². The molecule has 1 fully saturated rings. The van der Waals surface area contributed by atoms with Gasteiger partial charge in [0, 0.05) is 58.4 Å². The van der Waals surface area contributed by atoms with E-state index in [9.17, 15) is 33.9 Å². The van der Waals surface area contributed by atoms with E-state index >= 15 is 0 Å². The summed E-state index contributed by atoms with van der Waals surface area (Å²) in [4.78, 5) is 85.0. The van der Waals surface area contributed by atoms with Crippen LogP contribution in [0.1, 0.15) is 112 Å². The molecule has 0 aliphatic carbocycles. The SMILES string of the molecule is CCCC(NC(=O)[C@@H](CC(=O)[C@H](C)[C@@H](OC)[C@@H]1CCCN1C(=O)C[C@@H](OC)[C@H]([C@@H](C)CC)N(C)C(=O)[C@@H](CC(=O)[C@@H](NC)C(C)C)C(C)C)Cc1ccccc1)C(=O)O. The number of nitrogens with one attached hydrogen (secondary N) is 2. The summed E-state index contributed by atoms with van der Waals surface area (Å²) >= 11 is 0. The predicted octanol–water partition coefficient (Wildman–Crippen LogP) is 5.57. The molecular formula is C46H76N4O9. The van der Waals surface area contributed by atoms with Crippen molar-refractivity contribution in [2.75, 3.05) is 34.9 Å². The summed E-state index contributed by atoms with van der Waals surface area (Å²) in [6, 6.07) is 7.04. The van der Waals surface area contributed by atoms with E-state index in [0.717, 1.165) is 12.0 Å². The first-order valence-corrected chi connectivity index (χ1v) is 21.8. The zero-order chi connectivity index (χ0) is 44.6. The van der Waals surface area contributed by atoms with Gasteiger partial charge in [-0.05, 0) is 56.0 Å². The fourth-order valence-corrected chi connectivity index (χ4v) is 8.84. The van der Waals surface area contributed by atoms with E-state index in [0.29, 0.717) is 25.8 Å². The van der Waals surface area contributed by atoms with Crippen molar-refractivity contribution in [3.8, 4) is 0 Å². The minimum absolute atomic E-state index is 0.000662. The summed E-state index contributed by atoms with van der Waals surface area (Å²) in [6.07, 6.45) is 1.83. The molecule has 0 radical (unpaired) electrons. The third kappa shape index (κ3) is 14.5. The van der Waals surface area contributed by atoms with Gasteiger partial charge in [0.2, 0.25) is 17.7 Å². The van der Waals surface area contributed by atoms with Gasteiger partial charge in [0.05, 0.1) is 36.8 Å². The summed E-state index contributed by atoms with van der Waals surface area (Å²) in [5.41, 5.74) is 0.851. The molecule has 13 heteroatoms. The van der Waals surface area contributed by atoms with Crippen molar-refractivity contribution in [1.82, 2.24) is 20.4 Å². The van der Waals surface area contributed by atoms with Crippen molar-refractivity contribution in [2.24, 2.45) is 35.5 Å². The topological polar surface area (TPSA) is 172 Å². The number of carbonyl (C=O) groups excluding carboxylic acids is 5. The van der Waals surface area contributed by atoms with Crippen LogP contribution in [-0.2, 0) is 44.7 Å². The number of nitrogens with zero attached hydrogens (tertiary/aromatic N) is 2. The first-order valence-electron chi connectivity index (χ1n) is 21.8. The first-order chi connectivity index (χ1) is 27.9. The number of carbonyl (C=O) groups is 6. The van der Waals surface area contributed by atoms with Crippen LogP contribution in [0.25, 0.3) is 0 Å². The maximum absolute atomic E-state index is 14.3. The number of likely N-dealkylation sites (tertiary alicyclic amines) is 1. The Hall–Kier alpha value is -3.68. The van der Waals surface area contributed by atoms with Crippen molar-refractivity contribution in [3.05, 3.63) is 35.9 Å². The second-order valence-corrected chi connectivity index (χ2v) is 17.4. The lowest BCUT2D eigenvalue weighted by molar-refractivity contribution is -0.149. The highest BCUT2D eigenvalue weighted by atomic mass is 16.5. The fourth-order valence-electron chi connectivity index (χ4n) is 8.84. The Bertz CT molecular complexity index is 1500. The monoisotopic (exact) mass is 829 g/mol. The molecule has 3 N–H and O–H groups in total. The number of ether oxygens (including phenoxy) is 2. The molecule has 1 aromatic carbocycles. The number of likely N-dealkylation sites (N-methyl/N-ethyl adjacent to an activating group) is 2. The van der Waals surface area contributed by atoms with Crippen LogP contribution in [0.15, 0.2) is 30.3 Å². The standard InChI is InChI=1S/C46H76N4O9/c1-13-19-35(46(56)57)48-44(54)33(24-32-20-16-15-17-21-32)25-37(51)31(8)43(59-12)36-22-18-23-50(36)40(53)27-39(58-11)42(30(7)14-2)49(10)45(55)34(28(3)4)26-38(52)41(47-9)29(5)6/h15-17,20-21,28-31,33-36,39,41-43,47H,13-14,18-19,22-27H2,1-12H3,(H,48,54)(H,56,57)/t30-,31-,33+,34-,35?,36-,39+,41-,42-,43+/m0/s1. The van der Waals surface area contributed by atoms with Gasteiger partial charge >= 0.3 is 5.97 Å². The summed E-state index contributed by atoms with van der Waals surface area (Å²) in [7, 11) is 6.59. The molecule has 2 rings (SSSR count). The number of methoxy groups -OCH3 is 2. The lowest BCUT2D eigenvalue weighted by atomic mass is 9.84. The largest absolute Gasteiger partial charge is 0.480 e. The number of carboxylic acids is 1. The van der Waals surface area contributed by atoms with Gasteiger partial charge in [-0.15, -0.1) is 0 Å². The van der Waals surface area contributed by atoms with Crippen LogP contribution in [0.4, 0.5) is 0 Å². The van der Waals surface area contributed by atoms with E-state index in [1.165, 1.54) is 7.11 Å². The van der Waals surface area contributed by atoms with Gasteiger partial charge in [0.1, 0.15) is 11.8 Å². The molecule has 1 aliphatic rings. The van der Waals surface area contributed by atoms with Gasteiger partial charge in [-0.1, -0.05) is 98.6 Å². The molecule has 59 heavy (non-hydrogen) atoms. The molecule has 0 bridgehead atoms. The Balaban J connectivity index is 2.33. The normalized spacial score (nSPS) is 18.9. The van der Waals surface area contributed by atoms with E-state index < -0.39 is 60.0 Å². The van der Waals surface area contributed by atoms with Crippen LogP contribution in [0, 0.1) is 35.5 Å². The highest BCUT2D eigenvalue weighted by molar-refractivity contribution is 5.91. The lowest BCUT2D eigenvalue weighted by Crippen LogP contribution is -2.54. The second-order valence-electron chi connectivity index (χ2n) is 17.4. The second kappa shape index (κ2) is 25.2. The fraction of sp³-hybridized carbons (Fsp3) is 0.739. The summed E-state index contributed by atoms with van der Waals surface area (Å²) in [6.45, 7) is 16.0. The Kier molecular flexibility index (Phi) is 22.0. The van der Waals surface area contributed by atoms with Gasteiger partial charge in [0.15, 0.2) is 5.78 Å². The molecule has 0 spiro atoms. The van der Waals surface area contributed by atoms with Gasteiger partial charge in [-0.3, -0.25) is 24.0 Å². The van der Waals surface area contributed by atoms with Crippen LogP contribution in [0.3, 0.4) is 0 Å². The molecule has 0 saturated carbocycles. The van der Waals surface area contributed by atoms with Crippen molar-refractivity contribution in [1.29, 1.82) is 0 Å². The van der Waals surface area contributed by atoms with E-state index in [1.807, 2.05) is 78.8 Å². The molecule has 0 aromatic heterocycles. The Labute approximate surface area is 354 Å². The van der Waals surface area contributed by atoms with Crippen LogP contribution >= 0.6 is 0 Å². The number of rotatable bonds is 27. The van der Waals surface area contributed by atoms with Gasteiger partial charge in [-0.2, -0.15) is 0 Å². The minimum atomic E-state index is -1.12. The first kappa shape index (κ1) is 51.5. The summed E-state index contributed by atoms with van der Waals surface area (Å²) in [5, 5.41) is 15.5. The summed E-state index contributed by atoms with van der Waals surface area (Å²) < 4.78 is 12.0. The molecule has 1 aromatic rings. The zero-order valence-corrected chi connectivity index (χ0v) is 38.0. The molecule has 10 atom stereocenters. The Morgan fingerprint density at radius 1 is 0.898 bits per heavy atom.